The van der Waals surface area contributed by atoms with Crippen LogP contribution in [0, 0.1) is 0 Å². The van der Waals surface area contributed by atoms with Crippen LogP contribution >= 0.6 is 11.3 Å². The van der Waals surface area contributed by atoms with Crippen molar-refractivity contribution in [3.05, 3.63) is 47.7 Å². The average Bonchev–Trinajstić information content (AvgIpc) is 3.21. The van der Waals surface area contributed by atoms with E-state index >= 15 is 0 Å². The van der Waals surface area contributed by atoms with E-state index in [1.165, 1.54) is 11.4 Å². The van der Waals surface area contributed by atoms with Crippen LogP contribution < -0.4 is 9.80 Å². The fraction of sp³-hybridized carbons (Fsp3) is 0.250. The van der Waals surface area contributed by atoms with Gasteiger partial charge in [0.2, 0.25) is 11.7 Å². The zero-order valence-electron chi connectivity index (χ0n) is 12.3. The largest absolute Gasteiger partial charge is 0.371 e. The van der Waals surface area contributed by atoms with Gasteiger partial charge in [0.15, 0.2) is 0 Å². The molecule has 22 heavy (non-hydrogen) atoms. The number of thiophene rings is 1. The molecule has 1 aromatic carbocycles. The van der Waals surface area contributed by atoms with Crippen molar-refractivity contribution in [3.8, 4) is 10.7 Å². The molecule has 3 heterocycles. The number of nitrogens with zero attached hydrogens (tertiary/aromatic N) is 4. The highest BCUT2D eigenvalue weighted by atomic mass is 32.1. The Kier molecular flexibility index (Phi) is 3.31. The molecule has 2 aromatic heterocycles. The zero-order chi connectivity index (χ0) is 14.9. The summed E-state index contributed by atoms with van der Waals surface area (Å²) >= 11 is 1.62. The molecule has 0 radical (unpaired) electrons. The van der Waals surface area contributed by atoms with Crippen molar-refractivity contribution < 1.29 is 4.52 Å². The lowest BCUT2D eigenvalue weighted by molar-refractivity contribution is 0.376. The molecular weight excluding hydrogens is 296 g/mol. The van der Waals surface area contributed by atoms with Crippen LogP contribution in [0.1, 0.15) is 5.89 Å². The lowest BCUT2D eigenvalue weighted by atomic mass is 10.2. The molecule has 0 bridgehead atoms. The molecule has 4 rings (SSSR count). The van der Waals surface area contributed by atoms with Gasteiger partial charge >= 0.3 is 0 Å². The van der Waals surface area contributed by atoms with E-state index < -0.39 is 0 Å². The number of hydrogen-bond acceptors (Lipinski definition) is 6. The Bertz CT molecular complexity index is 768. The highest BCUT2D eigenvalue weighted by molar-refractivity contribution is 7.13. The van der Waals surface area contributed by atoms with E-state index in [2.05, 4.69) is 51.3 Å². The van der Waals surface area contributed by atoms with Gasteiger partial charge in [0.05, 0.1) is 22.8 Å². The molecule has 0 aliphatic carbocycles. The Morgan fingerprint density at radius 2 is 2.00 bits per heavy atom. The fourth-order valence-electron chi connectivity index (χ4n) is 2.72. The number of fused-ring (bicyclic) bond motifs is 1. The quantitative estimate of drug-likeness (QED) is 0.743. The second kappa shape index (κ2) is 5.46. The molecule has 3 aromatic rings. The van der Waals surface area contributed by atoms with Crippen LogP contribution in [0.4, 0.5) is 11.4 Å². The first-order chi connectivity index (χ1) is 10.8. The predicted molar refractivity (Wildman–Crippen MR) is 88.4 cm³/mol. The van der Waals surface area contributed by atoms with Gasteiger partial charge < -0.3 is 14.3 Å². The number of likely N-dealkylation sites (N-methyl/N-ethyl adjacent to an activating group) is 1. The van der Waals surface area contributed by atoms with E-state index in [9.17, 15) is 0 Å². The smallest absolute Gasteiger partial charge is 0.246 e. The van der Waals surface area contributed by atoms with E-state index in [1.54, 1.807) is 11.3 Å². The van der Waals surface area contributed by atoms with Crippen LogP contribution in [0.2, 0.25) is 0 Å². The van der Waals surface area contributed by atoms with Crippen molar-refractivity contribution in [3.63, 3.8) is 0 Å². The molecule has 0 saturated heterocycles. The summed E-state index contributed by atoms with van der Waals surface area (Å²) in [4.78, 5) is 10.1. The number of hydrogen-bond donors (Lipinski definition) is 0. The Hall–Kier alpha value is -2.34. The van der Waals surface area contributed by atoms with Crippen LogP contribution in [-0.2, 0) is 6.54 Å². The number of aromatic nitrogens is 2. The first-order valence-corrected chi connectivity index (χ1v) is 8.11. The normalized spacial score (nSPS) is 14.2. The standard InChI is InChI=1S/C16H16N4OS/c1-19-8-9-20(13-6-3-2-5-12(13)19)11-15-17-16(18-21-15)14-7-4-10-22-14/h2-7,10H,8-9,11H2,1H3. The first-order valence-electron chi connectivity index (χ1n) is 7.23. The van der Waals surface area contributed by atoms with Gasteiger partial charge in [-0.1, -0.05) is 23.4 Å². The lowest BCUT2D eigenvalue weighted by Gasteiger charge is -2.36. The first kappa shape index (κ1) is 13.3. The second-order valence-electron chi connectivity index (χ2n) is 5.32. The highest BCUT2D eigenvalue weighted by Crippen LogP contribution is 2.32. The monoisotopic (exact) mass is 312 g/mol. The third-order valence-electron chi connectivity index (χ3n) is 3.87. The highest BCUT2D eigenvalue weighted by Gasteiger charge is 2.22. The van der Waals surface area contributed by atoms with Gasteiger partial charge in [-0.3, -0.25) is 0 Å². The minimum Gasteiger partial charge on any atom is -0.371 e. The lowest BCUT2D eigenvalue weighted by Crippen LogP contribution is -2.38. The zero-order valence-corrected chi connectivity index (χ0v) is 13.1. The van der Waals surface area contributed by atoms with Gasteiger partial charge in [-0.15, -0.1) is 11.3 Å². The van der Waals surface area contributed by atoms with Gasteiger partial charge in [-0.2, -0.15) is 4.98 Å². The molecular formula is C16H16N4OS. The molecule has 0 saturated carbocycles. The van der Waals surface area contributed by atoms with E-state index in [-0.39, 0.29) is 0 Å². The summed E-state index contributed by atoms with van der Waals surface area (Å²) in [6, 6.07) is 12.4. The summed E-state index contributed by atoms with van der Waals surface area (Å²) in [5.74, 6) is 1.33. The maximum absolute atomic E-state index is 5.42. The minimum absolute atomic E-state index is 0.642. The summed E-state index contributed by atoms with van der Waals surface area (Å²) in [6.45, 7) is 2.58. The van der Waals surface area contributed by atoms with Gasteiger partial charge in [-0.05, 0) is 23.6 Å². The molecule has 112 valence electrons. The number of anilines is 2. The van der Waals surface area contributed by atoms with E-state index in [0.29, 0.717) is 18.3 Å². The molecule has 0 spiro atoms. The Morgan fingerprint density at radius 1 is 1.14 bits per heavy atom. The van der Waals surface area contributed by atoms with Gasteiger partial charge in [-0.25, -0.2) is 0 Å². The molecule has 6 heteroatoms. The van der Waals surface area contributed by atoms with Crippen molar-refractivity contribution in [1.29, 1.82) is 0 Å². The summed E-state index contributed by atoms with van der Waals surface area (Å²) in [7, 11) is 2.12. The van der Waals surface area contributed by atoms with Crippen LogP contribution in [0.15, 0.2) is 46.3 Å². The van der Waals surface area contributed by atoms with Crippen molar-refractivity contribution in [2.24, 2.45) is 0 Å². The molecule has 1 aliphatic heterocycles. The summed E-state index contributed by atoms with van der Waals surface area (Å²) in [5.41, 5.74) is 2.46. The fourth-order valence-corrected chi connectivity index (χ4v) is 3.37. The van der Waals surface area contributed by atoms with Crippen LogP contribution in [0.25, 0.3) is 10.7 Å². The van der Waals surface area contributed by atoms with Gasteiger partial charge in [0.1, 0.15) is 0 Å². The van der Waals surface area contributed by atoms with Crippen LogP contribution in [-0.4, -0.2) is 30.3 Å². The molecule has 1 aliphatic rings. The molecule has 0 unspecified atom stereocenters. The Labute approximate surface area is 132 Å². The predicted octanol–water partition coefficient (Wildman–Crippen LogP) is 3.25. The average molecular weight is 312 g/mol. The maximum Gasteiger partial charge on any atom is 0.246 e. The van der Waals surface area contributed by atoms with Crippen molar-refractivity contribution >= 4 is 22.7 Å². The number of rotatable bonds is 3. The third-order valence-corrected chi connectivity index (χ3v) is 4.74. The number of benzene rings is 1. The SMILES string of the molecule is CN1CCN(Cc2nc(-c3cccs3)no2)c2ccccc21. The maximum atomic E-state index is 5.42. The van der Waals surface area contributed by atoms with Crippen molar-refractivity contribution in [2.45, 2.75) is 6.54 Å². The second-order valence-corrected chi connectivity index (χ2v) is 6.27. The van der Waals surface area contributed by atoms with E-state index in [4.69, 9.17) is 4.52 Å². The summed E-state index contributed by atoms with van der Waals surface area (Å²) in [6.07, 6.45) is 0. The van der Waals surface area contributed by atoms with Crippen LogP contribution in [0.5, 0.6) is 0 Å². The molecule has 0 fully saturated rings. The molecule has 5 nitrogen and oxygen atoms in total. The summed E-state index contributed by atoms with van der Waals surface area (Å²) < 4.78 is 5.42. The van der Waals surface area contributed by atoms with Crippen molar-refractivity contribution in [2.75, 3.05) is 29.9 Å². The van der Waals surface area contributed by atoms with E-state index in [1.807, 2.05) is 17.5 Å². The molecule has 0 atom stereocenters. The topological polar surface area (TPSA) is 45.4 Å². The minimum atomic E-state index is 0.642. The third kappa shape index (κ3) is 2.35. The van der Waals surface area contributed by atoms with E-state index in [0.717, 1.165) is 18.0 Å². The molecule has 0 amide bonds. The van der Waals surface area contributed by atoms with Gasteiger partial charge in [0, 0.05) is 20.1 Å². The molecule has 0 N–H and O–H groups in total. The van der Waals surface area contributed by atoms with Gasteiger partial charge in [0.25, 0.3) is 0 Å². The Balaban J connectivity index is 1.58. The number of para-hydroxylation sites is 2. The Morgan fingerprint density at radius 3 is 2.82 bits per heavy atom. The summed E-state index contributed by atoms with van der Waals surface area (Å²) in [5, 5.41) is 6.10. The van der Waals surface area contributed by atoms with Crippen molar-refractivity contribution in [1.82, 2.24) is 10.1 Å². The van der Waals surface area contributed by atoms with Crippen LogP contribution in [0.3, 0.4) is 0 Å².